The minimum absolute atomic E-state index is 1.04. The van der Waals surface area contributed by atoms with Crippen LogP contribution in [-0.2, 0) is 0 Å². The fourth-order valence-corrected chi connectivity index (χ4v) is 3.68. The molecule has 0 aliphatic carbocycles. The first-order valence-corrected chi connectivity index (χ1v) is 11.9. The van der Waals surface area contributed by atoms with Gasteiger partial charge in [-0.2, -0.15) is 12.6 Å². The van der Waals surface area contributed by atoms with Crippen molar-refractivity contribution < 1.29 is 0 Å². The van der Waals surface area contributed by atoms with E-state index in [0.717, 1.165) is 11.8 Å². The molecule has 0 aliphatic rings. The number of hydrogen-bond acceptors (Lipinski definition) is 1. The van der Waals surface area contributed by atoms with E-state index in [1.165, 1.54) is 57.8 Å². The van der Waals surface area contributed by atoms with Crippen molar-refractivity contribution in [1.82, 2.24) is 0 Å². The lowest BCUT2D eigenvalue weighted by Gasteiger charge is -2.09. The Balaban J connectivity index is 2.99. The Kier molecular flexibility index (Phi) is 12.1. The molecule has 0 aliphatic heterocycles. The summed E-state index contributed by atoms with van der Waals surface area (Å²) >= 11 is 16.3. The first kappa shape index (κ1) is 17.1. The summed E-state index contributed by atoms with van der Waals surface area (Å²) in [5.74, 6) is 1.04. The summed E-state index contributed by atoms with van der Waals surface area (Å²) in [7, 11) is 0. The molecule has 0 amide bonds. The zero-order valence-corrected chi connectivity index (χ0v) is 13.9. The molecule has 0 aromatic heterocycles. The van der Waals surface area contributed by atoms with Crippen molar-refractivity contribution in [1.29, 1.82) is 0 Å². The molecular weight excluding hydrogens is 275 g/mol. The molecule has 0 heterocycles. The molecule has 4 heteroatoms. The lowest BCUT2D eigenvalue weighted by molar-refractivity contribution is 0.573. The van der Waals surface area contributed by atoms with E-state index in [0.29, 0.717) is 0 Å². The van der Waals surface area contributed by atoms with Crippen LogP contribution in [0, 0.1) is 0 Å². The zero-order valence-electron chi connectivity index (χ0n) is 10.5. The molecule has 0 aromatic rings. The number of thiol groups is 1. The predicted octanol–water partition coefficient (Wildman–Crippen LogP) is 5.98. The van der Waals surface area contributed by atoms with E-state index in [1.807, 2.05) is 6.55 Å². The van der Waals surface area contributed by atoms with Crippen LogP contribution < -0.4 is 0 Å². The molecule has 0 spiro atoms. The molecular formula is C12H26Cl2SSi. The van der Waals surface area contributed by atoms with Gasteiger partial charge in [0.2, 0.25) is 6.69 Å². The first-order valence-electron chi connectivity index (χ1n) is 6.55. The number of unbranched alkanes of at least 4 members (excludes halogenated alkanes) is 8. The van der Waals surface area contributed by atoms with Gasteiger partial charge in [0.25, 0.3) is 0 Å². The minimum atomic E-state index is -1.81. The third-order valence-corrected chi connectivity index (χ3v) is 5.46. The highest BCUT2D eigenvalue weighted by Crippen LogP contribution is 2.23. The molecule has 0 N–H and O–H groups in total. The molecule has 98 valence electrons. The van der Waals surface area contributed by atoms with Crippen molar-refractivity contribution in [3.05, 3.63) is 0 Å². The maximum Gasteiger partial charge on any atom is 0.248 e. The predicted molar refractivity (Wildman–Crippen MR) is 83.5 cm³/mol. The van der Waals surface area contributed by atoms with Gasteiger partial charge in [-0.05, 0) is 24.8 Å². The van der Waals surface area contributed by atoms with Crippen LogP contribution in [0.4, 0.5) is 0 Å². The van der Waals surface area contributed by atoms with Crippen LogP contribution in [0.5, 0.6) is 0 Å². The highest BCUT2D eigenvalue weighted by atomic mass is 35.7. The van der Waals surface area contributed by atoms with Gasteiger partial charge < -0.3 is 0 Å². The molecule has 0 unspecified atom stereocenters. The number of rotatable bonds is 11. The molecule has 0 aromatic carbocycles. The summed E-state index contributed by atoms with van der Waals surface area (Å²) < 4.78 is 0. The Bertz CT molecular complexity index is 148. The molecule has 0 nitrogen and oxygen atoms in total. The number of hydrogen-bond donors (Lipinski definition) is 1. The molecule has 0 saturated heterocycles. The summed E-state index contributed by atoms with van der Waals surface area (Å²) in [6.45, 7) is 0.201. The smallest absolute Gasteiger partial charge is 0.179 e. The van der Waals surface area contributed by atoms with E-state index >= 15 is 0 Å². The molecule has 0 saturated carbocycles. The standard InChI is InChI=1S/C12H26Cl2SSi/c1-16(13,14)12-10-8-6-4-2-3-5-7-9-11-15/h15H,2-12H2,1H3. The van der Waals surface area contributed by atoms with Crippen molar-refractivity contribution in [2.45, 2.75) is 70.4 Å². The zero-order chi connectivity index (χ0) is 12.3. The van der Waals surface area contributed by atoms with Gasteiger partial charge in [0.1, 0.15) is 0 Å². The lowest BCUT2D eigenvalue weighted by atomic mass is 10.1. The Hall–Kier alpha value is 1.15. The van der Waals surface area contributed by atoms with Gasteiger partial charge in [-0.1, -0.05) is 51.4 Å². The minimum Gasteiger partial charge on any atom is -0.179 e. The largest absolute Gasteiger partial charge is 0.248 e. The molecule has 0 rings (SSSR count). The Morgan fingerprint density at radius 2 is 1.12 bits per heavy atom. The van der Waals surface area contributed by atoms with Crippen molar-refractivity contribution >= 4 is 41.5 Å². The summed E-state index contributed by atoms with van der Waals surface area (Å²) in [5.41, 5.74) is 0. The van der Waals surface area contributed by atoms with Crippen LogP contribution in [0.25, 0.3) is 0 Å². The Labute approximate surface area is 117 Å². The normalized spacial score (nSPS) is 12.0. The molecule has 0 fully saturated rings. The average Bonchev–Trinajstić information content (AvgIpc) is 2.19. The van der Waals surface area contributed by atoms with E-state index < -0.39 is 6.69 Å². The number of halogens is 2. The van der Waals surface area contributed by atoms with E-state index in [-0.39, 0.29) is 0 Å². The van der Waals surface area contributed by atoms with Gasteiger partial charge in [-0.25, -0.2) is 0 Å². The lowest BCUT2D eigenvalue weighted by Crippen LogP contribution is -2.11. The molecule has 0 radical (unpaired) electrons. The SMILES string of the molecule is C[Si](Cl)(Cl)CCCCCCCCCCCS. The second-order valence-corrected chi connectivity index (χ2v) is 13.4. The highest BCUT2D eigenvalue weighted by molar-refractivity contribution is 7.80. The Morgan fingerprint density at radius 3 is 1.50 bits per heavy atom. The molecule has 0 atom stereocenters. The van der Waals surface area contributed by atoms with E-state index in [2.05, 4.69) is 12.6 Å². The van der Waals surface area contributed by atoms with Crippen LogP contribution >= 0.6 is 34.8 Å². The summed E-state index contributed by atoms with van der Waals surface area (Å²) in [4.78, 5) is 0. The van der Waals surface area contributed by atoms with E-state index in [1.54, 1.807) is 0 Å². The quantitative estimate of drug-likeness (QED) is 0.206. The van der Waals surface area contributed by atoms with Crippen LogP contribution in [0.15, 0.2) is 0 Å². The van der Waals surface area contributed by atoms with Gasteiger partial charge >= 0.3 is 0 Å². The second kappa shape index (κ2) is 11.2. The summed E-state index contributed by atoms with van der Waals surface area (Å²) in [5, 5.41) is 0. The van der Waals surface area contributed by atoms with E-state index in [9.17, 15) is 0 Å². The van der Waals surface area contributed by atoms with Crippen LogP contribution in [0.3, 0.4) is 0 Å². The second-order valence-electron chi connectivity index (χ2n) is 4.73. The molecule has 0 bridgehead atoms. The maximum atomic E-state index is 6.04. The van der Waals surface area contributed by atoms with Crippen molar-refractivity contribution in [2.75, 3.05) is 5.75 Å². The van der Waals surface area contributed by atoms with Crippen LogP contribution in [0.1, 0.15) is 57.8 Å². The van der Waals surface area contributed by atoms with Gasteiger partial charge in [-0.3, -0.25) is 0 Å². The van der Waals surface area contributed by atoms with Crippen molar-refractivity contribution in [3.8, 4) is 0 Å². The summed E-state index contributed by atoms with van der Waals surface area (Å²) in [6, 6.07) is 1.05. The monoisotopic (exact) mass is 300 g/mol. The third kappa shape index (κ3) is 15.1. The average molecular weight is 301 g/mol. The van der Waals surface area contributed by atoms with Gasteiger partial charge in [-0.15, -0.1) is 22.2 Å². The van der Waals surface area contributed by atoms with Crippen molar-refractivity contribution in [2.24, 2.45) is 0 Å². The maximum absolute atomic E-state index is 6.04. The van der Waals surface area contributed by atoms with Crippen LogP contribution in [-0.4, -0.2) is 12.4 Å². The fraction of sp³-hybridized carbons (Fsp3) is 1.00. The van der Waals surface area contributed by atoms with E-state index in [4.69, 9.17) is 22.2 Å². The van der Waals surface area contributed by atoms with Crippen molar-refractivity contribution in [3.63, 3.8) is 0 Å². The van der Waals surface area contributed by atoms with Gasteiger partial charge in [0, 0.05) is 0 Å². The molecule has 16 heavy (non-hydrogen) atoms. The van der Waals surface area contributed by atoms with Gasteiger partial charge in [0.15, 0.2) is 0 Å². The first-order chi connectivity index (χ1) is 7.56. The Morgan fingerprint density at radius 1 is 0.750 bits per heavy atom. The van der Waals surface area contributed by atoms with Crippen LogP contribution in [0.2, 0.25) is 12.6 Å². The third-order valence-electron chi connectivity index (χ3n) is 2.77. The topological polar surface area (TPSA) is 0 Å². The fourth-order valence-electron chi connectivity index (χ4n) is 1.78. The highest BCUT2D eigenvalue weighted by Gasteiger charge is 2.19. The summed E-state index contributed by atoms with van der Waals surface area (Å²) in [6.07, 6.45) is 12.1. The van der Waals surface area contributed by atoms with Gasteiger partial charge in [0.05, 0.1) is 0 Å².